The number of benzene rings is 1. The third-order valence-electron chi connectivity index (χ3n) is 3.49. The van der Waals surface area contributed by atoms with Crippen LogP contribution in [-0.2, 0) is 22.6 Å². The molecule has 2 rings (SSSR count). The minimum absolute atomic E-state index is 0.0798. The second-order valence-electron chi connectivity index (χ2n) is 4.75. The summed E-state index contributed by atoms with van der Waals surface area (Å²) in [5.41, 5.74) is 2.24. The molecule has 1 aliphatic heterocycles. The van der Waals surface area contributed by atoms with Gasteiger partial charge in [0, 0.05) is 6.54 Å². The highest BCUT2D eigenvalue weighted by molar-refractivity contribution is 5.90. The highest BCUT2D eigenvalue weighted by atomic mass is 16.3. The number of hydrogen-bond donors (Lipinski definition) is 2. The fourth-order valence-electron chi connectivity index (χ4n) is 2.38. The lowest BCUT2D eigenvalue weighted by molar-refractivity contribution is -0.136. The van der Waals surface area contributed by atoms with Gasteiger partial charge >= 0.3 is 0 Å². The van der Waals surface area contributed by atoms with E-state index in [0.29, 0.717) is 13.0 Å². The van der Waals surface area contributed by atoms with Crippen LogP contribution in [0.4, 0.5) is 0 Å². The van der Waals surface area contributed by atoms with Gasteiger partial charge in [-0.05, 0) is 23.6 Å². The standard InChI is InChI=1S/C15H18N2O3/c1-2-14(19)16-8-15(20)17-9-12-6-4-3-5-11(12)7-13(17)10-18/h2-6,13,18H,1,7-10H2,(H,16,19)/t13-/m1/s1. The number of carbonyl (C=O) groups is 2. The average Bonchev–Trinajstić information content (AvgIpc) is 2.50. The van der Waals surface area contributed by atoms with E-state index in [0.717, 1.165) is 17.2 Å². The number of carbonyl (C=O) groups excluding carboxylic acids is 2. The van der Waals surface area contributed by atoms with Gasteiger partial charge in [-0.25, -0.2) is 0 Å². The molecule has 0 aliphatic carbocycles. The van der Waals surface area contributed by atoms with Gasteiger partial charge in [0.1, 0.15) is 0 Å². The Balaban J connectivity index is 2.08. The van der Waals surface area contributed by atoms with Crippen molar-refractivity contribution in [2.45, 2.75) is 19.0 Å². The molecule has 1 aromatic carbocycles. The smallest absolute Gasteiger partial charge is 0.243 e. The summed E-state index contributed by atoms with van der Waals surface area (Å²) in [5.74, 6) is -0.579. The Hall–Kier alpha value is -2.14. The van der Waals surface area contributed by atoms with Gasteiger partial charge in [0.15, 0.2) is 0 Å². The molecule has 5 heteroatoms. The lowest BCUT2D eigenvalue weighted by Gasteiger charge is -2.36. The number of nitrogens with zero attached hydrogens (tertiary/aromatic N) is 1. The molecule has 106 valence electrons. The Morgan fingerprint density at radius 1 is 1.40 bits per heavy atom. The molecule has 2 N–H and O–H groups in total. The topological polar surface area (TPSA) is 69.6 Å². The Bertz CT molecular complexity index is 528. The van der Waals surface area contributed by atoms with Gasteiger partial charge in [0.05, 0.1) is 19.2 Å². The predicted molar refractivity (Wildman–Crippen MR) is 74.8 cm³/mol. The number of aliphatic hydroxyl groups excluding tert-OH is 1. The van der Waals surface area contributed by atoms with Crippen LogP contribution in [0.1, 0.15) is 11.1 Å². The first kappa shape index (κ1) is 14.3. The van der Waals surface area contributed by atoms with E-state index in [2.05, 4.69) is 11.9 Å². The molecule has 5 nitrogen and oxygen atoms in total. The maximum atomic E-state index is 12.2. The molecule has 0 radical (unpaired) electrons. The average molecular weight is 274 g/mol. The summed E-state index contributed by atoms with van der Waals surface area (Å²) in [6.45, 7) is 3.63. The van der Waals surface area contributed by atoms with Crippen molar-refractivity contribution in [1.82, 2.24) is 10.2 Å². The first-order valence-corrected chi connectivity index (χ1v) is 6.53. The lowest BCUT2D eigenvalue weighted by atomic mass is 9.94. The molecule has 20 heavy (non-hydrogen) atoms. The molecule has 0 spiro atoms. The van der Waals surface area contributed by atoms with Crippen LogP contribution in [0.5, 0.6) is 0 Å². The van der Waals surface area contributed by atoms with E-state index in [-0.39, 0.29) is 31.0 Å². The van der Waals surface area contributed by atoms with E-state index < -0.39 is 0 Å². The summed E-state index contributed by atoms with van der Waals surface area (Å²) in [6, 6.07) is 7.64. The van der Waals surface area contributed by atoms with E-state index >= 15 is 0 Å². The van der Waals surface area contributed by atoms with Crippen LogP contribution < -0.4 is 5.32 Å². The highest BCUT2D eigenvalue weighted by Gasteiger charge is 2.28. The van der Waals surface area contributed by atoms with Crippen LogP contribution in [0.2, 0.25) is 0 Å². The van der Waals surface area contributed by atoms with Crippen molar-refractivity contribution >= 4 is 11.8 Å². The number of aliphatic hydroxyl groups is 1. The number of nitrogens with one attached hydrogen (secondary N) is 1. The first-order chi connectivity index (χ1) is 9.65. The maximum absolute atomic E-state index is 12.2. The van der Waals surface area contributed by atoms with Gasteiger partial charge in [-0.15, -0.1) is 0 Å². The van der Waals surface area contributed by atoms with Crippen LogP contribution in [0.3, 0.4) is 0 Å². The van der Waals surface area contributed by atoms with Crippen molar-refractivity contribution in [2.75, 3.05) is 13.2 Å². The molecule has 1 aromatic rings. The Labute approximate surface area is 117 Å². The molecule has 0 bridgehead atoms. The molecule has 2 amide bonds. The van der Waals surface area contributed by atoms with Crippen LogP contribution in [0, 0.1) is 0 Å². The molecule has 0 unspecified atom stereocenters. The van der Waals surface area contributed by atoms with Crippen LogP contribution in [0.25, 0.3) is 0 Å². The second kappa shape index (κ2) is 6.34. The predicted octanol–water partition coefficient (Wildman–Crippen LogP) is 0.234. The summed E-state index contributed by atoms with van der Waals surface area (Å²) in [5, 5.41) is 11.9. The monoisotopic (exact) mass is 274 g/mol. The molecule has 1 heterocycles. The van der Waals surface area contributed by atoms with Gasteiger partial charge < -0.3 is 15.3 Å². The van der Waals surface area contributed by atoms with E-state index in [9.17, 15) is 14.7 Å². The van der Waals surface area contributed by atoms with E-state index in [4.69, 9.17) is 0 Å². The minimum atomic E-state index is -0.378. The Morgan fingerprint density at radius 3 is 2.75 bits per heavy atom. The largest absolute Gasteiger partial charge is 0.394 e. The highest BCUT2D eigenvalue weighted by Crippen LogP contribution is 2.22. The zero-order valence-electron chi connectivity index (χ0n) is 11.2. The van der Waals surface area contributed by atoms with Crippen molar-refractivity contribution in [1.29, 1.82) is 0 Å². The number of hydrogen-bond acceptors (Lipinski definition) is 3. The third kappa shape index (κ3) is 3.05. The normalized spacial score (nSPS) is 17.2. The van der Waals surface area contributed by atoms with Crippen LogP contribution in [0.15, 0.2) is 36.9 Å². The Kier molecular flexibility index (Phi) is 4.53. The molecule has 1 atom stereocenters. The number of rotatable bonds is 4. The summed E-state index contributed by atoms with van der Waals surface area (Å²) in [6.07, 6.45) is 1.76. The number of amides is 2. The van der Waals surface area contributed by atoms with E-state index in [1.165, 1.54) is 0 Å². The van der Waals surface area contributed by atoms with Crippen molar-refractivity contribution < 1.29 is 14.7 Å². The summed E-state index contributed by atoms with van der Waals surface area (Å²) < 4.78 is 0. The molecular formula is C15H18N2O3. The third-order valence-corrected chi connectivity index (χ3v) is 3.49. The van der Waals surface area contributed by atoms with Gasteiger partial charge in [0.25, 0.3) is 0 Å². The Morgan fingerprint density at radius 2 is 2.10 bits per heavy atom. The summed E-state index contributed by atoms with van der Waals surface area (Å²) in [4.78, 5) is 24.9. The van der Waals surface area contributed by atoms with E-state index in [1.807, 2.05) is 24.3 Å². The fourth-order valence-corrected chi connectivity index (χ4v) is 2.38. The molecule has 0 saturated carbocycles. The summed E-state index contributed by atoms with van der Waals surface area (Å²) >= 11 is 0. The zero-order chi connectivity index (χ0) is 14.5. The fraction of sp³-hybridized carbons (Fsp3) is 0.333. The second-order valence-corrected chi connectivity index (χ2v) is 4.75. The van der Waals surface area contributed by atoms with Crippen molar-refractivity contribution in [3.8, 4) is 0 Å². The zero-order valence-corrected chi connectivity index (χ0v) is 11.2. The summed E-state index contributed by atoms with van der Waals surface area (Å²) in [7, 11) is 0. The van der Waals surface area contributed by atoms with Gasteiger partial charge in [-0.2, -0.15) is 0 Å². The molecule has 0 aromatic heterocycles. The molecular weight excluding hydrogens is 256 g/mol. The maximum Gasteiger partial charge on any atom is 0.243 e. The minimum Gasteiger partial charge on any atom is -0.394 e. The van der Waals surface area contributed by atoms with Gasteiger partial charge in [-0.1, -0.05) is 30.8 Å². The SMILES string of the molecule is C=CC(=O)NCC(=O)N1Cc2ccccc2C[C@@H]1CO. The molecule has 0 saturated heterocycles. The number of fused-ring (bicyclic) bond motifs is 1. The van der Waals surface area contributed by atoms with Crippen molar-refractivity contribution in [3.05, 3.63) is 48.0 Å². The molecule has 1 aliphatic rings. The van der Waals surface area contributed by atoms with Crippen molar-refractivity contribution in [3.63, 3.8) is 0 Å². The van der Waals surface area contributed by atoms with E-state index in [1.54, 1.807) is 4.90 Å². The first-order valence-electron chi connectivity index (χ1n) is 6.53. The quantitative estimate of drug-likeness (QED) is 0.772. The van der Waals surface area contributed by atoms with Gasteiger partial charge in [0.2, 0.25) is 11.8 Å². The molecule has 0 fully saturated rings. The van der Waals surface area contributed by atoms with Crippen LogP contribution in [-0.4, -0.2) is 41.0 Å². The lowest BCUT2D eigenvalue weighted by Crippen LogP contribution is -2.49. The van der Waals surface area contributed by atoms with Crippen LogP contribution >= 0.6 is 0 Å². The van der Waals surface area contributed by atoms with Crippen molar-refractivity contribution in [2.24, 2.45) is 0 Å². The van der Waals surface area contributed by atoms with Gasteiger partial charge in [-0.3, -0.25) is 9.59 Å².